The summed E-state index contributed by atoms with van der Waals surface area (Å²) < 4.78 is 12.7. The maximum absolute atomic E-state index is 12.7. The second-order valence-corrected chi connectivity index (χ2v) is 3.62. The zero-order chi connectivity index (χ0) is 10.8. The molecule has 2 rings (SSSR count). The van der Waals surface area contributed by atoms with Crippen molar-refractivity contribution in [2.45, 2.75) is 6.42 Å². The number of nitrogens with one attached hydrogen (secondary N) is 1. The normalized spacial score (nSPS) is 16.5. The number of rotatable bonds is 1. The van der Waals surface area contributed by atoms with E-state index in [0.717, 1.165) is 5.69 Å². The van der Waals surface area contributed by atoms with Gasteiger partial charge in [0.05, 0.1) is 0 Å². The van der Waals surface area contributed by atoms with Gasteiger partial charge >= 0.3 is 0 Å². The lowest BCUT2D eigenvalue weighted by Gasteiger charge is -2.29. The fourth-order valence-electron chi connectivity index (χ4n) is 1.43. The van der Waals surface area contributed by atoms with E-state index in [2.05, 4.69) is 5.32 Å². The summed E-state index contributed by atoms with van der Waals surface area (Å²) >= 11 is 5.02. The Hall–Kier alpha value is -1.49. The molecule has 78 valence electrons. The van der Waals surface area contributed by atoms with Gasteiger partial charge in [0, 0.05) is 18.7 Å². The first-order chi connectivity index (χ1) is 7.16. The summed E-state index contributed by atoms with van der Waals surface area (Å²) in [4.78, 5) is 12.8. The van der Waals surface area contributed by atoms with Crippen molar-refractivity contribution in [1.82, 2.24) is 5.32 Å². The molecule has 0 saturated carbocycles. The largest absolute Gasteiger partial charge is 0.318 e. The molecule has 3 nitrogen and oxygen atoms in total. The minimum absolute atomic E-state index is 0.0710. The van der Waals surface area contributed by atoms with Crippen LogP contribution in [0, 0.1) is 5.82 Å². The minimum atomic E-state index is -0.286. The smallest absolute Gasteiger partial charge is 0.227 e. The van der Waals surface area contributed by atoms with Crippen LogP contribution < -0.4 is 10.2 Å². The van der Waals surface area contributed by atoms with E-state index in [-0.39, 0.29) is 11.7 Å². The van der Waals surface area contributed by atoms with E-state index in [0.29, 0.717) is 18.1 Å². The Morgan fingerprint density at radius 1 is 1.33 bits per heavy atom. The molecule has 1 aliphatic heterocycles. The molecule has 0 atom stereocenters. The first-order valence-electron chi connectivity index (χ1n) is 4.54. The highest BCUT2D eigenvalue weighted by molar-refractivity contribution is 7.80. The topological polar surface area (TPSA) is 32.3 Å². The number of carbonyl (C=O) groups excluding carboxylic acids is 1. The van der Waals surface area contributed by atoms with E-state index in [1.165, 1.54) is 12.1 Å². The third-order valence-electron chi connectivity index (χ3n) is 2.19. The average molecular weight is 224 g/mol. The van der Waals surface area contributed by atoms with Crippen molar-refractivity contribution in [1.29, 1.82) is 0 Å². The van der Waals surface area contributed by atoms with Gasteiger partial charge in [0.2, 0.25) is 5.91 Å². The molecule has 0 spiro atoms. The number of amides is 1. The van der Waals surface area contributed by atoms with Crippen molar-refractivity contribution in [3.63, 3.8) is 0 Å². The summed E-state index contributed by atoms with van der Waals surface area (Å²) in [5, 5.41) is 2.94. The molecule has 1 saturated heterocycles. The number of hydrogen-bond acceptors (Lipinski definition) is 2. The zero-order valence-corrected chi connectivity index (χ0v) is 8.68. The Morgan fingerprint density at radius 3 is 2.60 bits per heavy atom. The van der Waals surface area contributed by atoms with Crippen molar-refractivity contribution in [2.75, 3.05) is 11.4 Å². The van der Waals surface area contributed by atoms with Gasteiger partial charge in [0.1, 0.15) is 5.82 Å². The monoisotopic (exact) mass is 224 g/mol. The fraction of sp³-hybridized carbons (Fsp3) is 0.200. The lowest BCUT2D eigenvalue weighted by atomic mass is 10.2. The summed E-state index contributed by atoms with van der Waals surface area (Å²) in [6.07, 6.45) is 0.400. The lowest BCUT2D eigenvalue weighted by Crippen LogP contribution is -2.49. The van der Waals surface area contributed by atoms with E-state index in [4.69, 9.17) is 12.2 Å². The Labute approximate surface area is 91.9 Å². The van der Waals surface area contributed by atoms with Gasteiger partial charge in [-0.05, 0) is 36.5 Å². The van der Waals surface area contributed by atoms with Crippen LogP contribution in [0.3, 0.4) is 0 Å². The Kier molecular flexibility index (Phi) is 2.64. The number of thiocarbonyl (C=S) groups is 1. The molecule has 0 aromatic heterocycles. The molecule has 0 unspecified atom stereocenters. The van der Waals surface area contributed by atoms with Crippen molar-refractivity contribution in [3.05, 3.63) is 30.1 Å². The first-order valence-corrected chi connectivity index (χ1v) is 4.94. The number of halogens is 1. The standard InChI is InChI=1S/C10H9FN2OS/c11-7-1-3-8(4-2-7)13-6-5-9(14)12-10(13)15/h1-4H,5-6H2,(H,12,14,15). The third kappa shape index (κ3) is 2.12. The first kappa shape index (κ1) is 10.0. The van der Waals surface area contributed by atoms with Crippen LogP contribution in [0.2, 0.25) is 0 Å². The van der Waals surface area contributed by atoms with E-state index < -0.39 is 0 Å². The molecular formula is C10H9FN2OS. The number of hydrogen-bond donors (Lipinski definition) is 1. The van der Waals surface area contributed by atoms with E-state index in [9.17, 15) is 9.18 Å². The van der Waals surface area contributed by atoms with Crippen molar-refractivity contribution in [2.24, 2.45) is 0 Å². The number of benzene rings is 1. The van der Waals surface area contributed by atoms with Crippen LogP contribution in [0.5, 0.6) is 0 Å². The van der Waals surface area contributed by atoms with Gasteiger partial charge in [-0.25, -0.2) is 4.39 Å². The van der Waals surface area contributed by atoms with E-state index in [1.807, 2.05) is 0 Å². The molecule has 1 aromatic rings. The Bertz CT molecular complexity index is 404. The molecule has 1 amide bonds. The molecule has 1 aliphatic rings. The summed E-state index contributed by atoms with van der Waals surface area (Å²) in [5.74, 6) is -0.357. The fourth-order valence-corrected chi connectivity index (χ4v) is 1.74. The summed E-state index contributed by atoms with van der Waals surface area (Å²) in [6, 6.07) is 6.01. The van der Waals surface area contributed by atoms with Crippen LogP contribution in [0.1, 0.15) is 6.42 Å². The van der Waals surface area contributed by atoms with Gasteiger partial charge in [-0.2, -0.15) is 0 Å². The highest BCUT2D eigenvalue weighted by atomic mass is 32.1. The van der Waals surface area contributed by atoms with Crippen LogP contribution in [-0.4, -0.2) is 17.6 Å². The second-order valence-electron chi connectivity index (χ2n) is 3.23. The quantitative estimate of drug-likeness (QED) is 0.732. The zero-order valence-electron chi connectivity index (χ0n) is 7.87. The highest BCUT2D eigenvalue weighted by Crippen LogP contribution is 2.17. The second kappa shape index (κ2) is 3.94. The molecule has 1 aromatic carbocycles. The number of carbonyl (C=O) groups is 1. The SMILES string of the molecule is O=C1CCN(c2ccc(F)cc2)C(=S)N1. The summed E-state index contributed by atoms with van der Waals surface area (Å²) in [5.41, 5.74) is 0.793. The molecular weight excluding hydrogens is 215 g/mol. The van der Waals surface area contributed by atoms with Gasteiger partial charge in [-0.3, -0.25) is 4.79 Å². The van der Waals surface area contributed by atoms with Gasteiger partial charge < -0.3 is 10.2 Å². The van der Waals surface area contributed by atoms with Gasteiger partial charge in [-0.15, -0.1) is 0 Å². The van der Waals surface area contributed by atoms with Crippen LogP contribution >= 0.6 is 12.2 Å². The van der Waals surface area contributed by atoms with Crippen LogP contribution in [0.25, 0.3) is 0 Å². The summed E-state index contributed by atoms with van der Waals surface area (Å²) in [7, 11) is 0. The maximum Gasteiger partial charge on any atom is 0.227 e. The summed E-state index contributed by atoms with van der Waals surface area (Å²) in [6.45, 7) is 0.538. The predicted molar refractivity (Wildman–Crippen MR) is 59.1 cm³/mol. The Morgan fingerprint density at radius 2 is 2.00 bits per heavy atom. The van der Waals surface area contributed by atoms with Gasteiger partial charge in [0.25, 0.3) is 0 Å². The van der Waals surface area contributed by atoms with Gasteiger partial charge in [-0.1, -0.05) is 0 Å². The van der Waals surface area contributed by atoms with Crippen LogP contribution in [0.4, 0.5) is 10.1 Å². The highest BCUT2D eigenvalue weighted by Gasteiger charge is 2.20. The van der Waals surface area contributed by atoms with Crippen molar-refractivity contribution in [3.8, 4) is 0 Å². The predicted octanol–water partition coefficient (Wildman–Crippen LogP) is 1.44. The molecule has 15 heavy (non-hydrogen) atoms. The Balaban J connectivity index is 2.20. The number of nitrogens with zero attached hydrogens (tertiary/aromatic N) is 1. The van der Waals surface area contributed by atoms with Crippen LogP contribution in [0.15, 0.2) is 24.3 Å². The molecule has 0 aliphatic carbocycles. The average Bonchev–Trinajstić information content (AvgIpc) is 2.20. The maximum atomic E-state index is 12.7. The molecule has 1 heterocycles. The van der Waals surface area contributed by atoms with E-state index in [1.54, 1.807) is 17.0 Å². The molecule has 0 bridgehead atoms. The molecule has 5 heteroatoms. The minimum Gasteiger partial charge on any atom is -0.318 e. The molecule has 1 fully saturated rings. The van der Waals surface area contributed by atoms with Crippen molar-refractivity contribution >= 4 is 28.9 Å². The molecule has 0 radical (unpaired) electrons. The number of anilines is 1. The van der Waals surface area contributed by atoms with Crippen molar-refractivity contribution < 1.29 is 9.18 Å². The third-order valence-corrected chi connectivity index (χ3v) is 2.51. The van der Waals surface area contributed by atoms with Crippen LogP contribution in [-0.2, 0) is 4.79 Å². The van der Waals surface area contributed by atoms with Gasteiger partial charge in [0.15, 0.2) is 5.11 Å². The molecule has 1 N–H and O–H groups in total. The van der Waals surface area contributed by atoms with E-state index >= 15 is 0 Å². The lowest BCUT2D eigenvalue weighted by molar-refractivity contribution is -0.119.